The number of ether oxygens (including phenoxy) is 1. The van der Waals surface area contributed by atoms with Crippen LogP contribution in [0.1, 0.15) is 24.8 Å². The molecule has 11 heteroatoms. The Labute approximate surface area is 196 Å². The Bertz CT molecular complexity index is 1250. The fourth-order valence-electron chi connectivity index (χ4n) is 5.64. The largest absolute Gasteiger partial charge is 0.507 e. The zero-order valence-electron chi connectivity index (χ0n) is 17.9. The van der Waals surface area contributed by atoms with Gasteiger partial charge in [0.05, 0.1) is 30.3 Å². The zero-order valence-corrected chi connectivity index (χ0v) is 20.3. The van der Waals surface area contributed by atoms with Crippen molar-refractivity contribution in [1.29, 1.82) is 0 Å². The number of phenolic OH excluding ortho intramolecular Hbond substituents is 2. The second-order valence-electron chi connectivity index (χ2n) is 9.05. The van der Waals surface area contributed by atoms with Crippen molar-refractivity contribution < 1.29 is 37.0 Å². The normalized spacial score (nSPS) is 33.7. The predicted octanol–water partition coefficient (Wildman–Crippen LogP) is 4.47. The highest BCUT2D eigenvalue weighted by Crippen LogP contribution is 2.66. The van der Waals surface area contributed by atoms with E-state index >= 15 is 0 Å². The molecule has 0 amide bonds. The summed E-state index contributed by atoms with van der Waals surface area (Å²) in [4.78, 5) is 0.0448. The number of benzene rings is 2. The molecule has 1 saturated heterocycles. The van der Waals surface area contributed by atoms with Gasteiger partial charge in [-0.05, 0) is 49.2 Å². The highest BCUT2D eigenvalue weighted by molar-refractivity contribution is 7.92. The molecular weight excluding hydrogens is 491 g/mol. The third-order valence-electron chi connectivity index (χ3n) is 7.23. The number of sulfone groups is 1. The molecule has 0 bridgehead atoms. The molecule has 178 valence electrons. The monoisotopic (exact) mass is 514 g/mol. The Morgan fingerprint density at radius 3 is 2.33 bits per heavy atom. The van der Waals surface area contributed by atoms with E-state index in [-0.39, 0.29) is 53.9 Å². The summed E-state index contributed by atoms with van der Waals surface area (Å²) in [5, 5.41) is 21.8. The van der Waals surface area contributed by atoms with Gasteiger partial charge in [0.25, 0.3) is 0 Å². The van der Waals surface area contributed by atoms with Crippen LogP contribution in [-0.2, 0) is 28.2 Å². The van der Waals surface area contributed by atoms with E-state index in [1.165, 1.54) is 43.1 Å². The van der Waals surface area contributed by atoms with Crippen molar-refractivity contribution in [3.05, 3.63) is 47.0 Å². The Kier molecular flexibility index (Phi) is 5.31. The lowest BCUT2D eigenvalue weighted by molar-refractivity contribution is -0.0838. The molecule has 2 atom stereocenters. The molecule has 33 heavy (non-hydrogen) atoms. The van der Waals surface area contributed by atoms with Gasteiger partial charge in [0, 0.05) is 23.0 Å². The summed E-state index contributed by atoms with van der Waals surface area (Å²) in [6.07, 6.45) is 1.26. The van der Waals surface area contributed by atoms with Crippen molar-refractivity contribution in [2.45, 2.75) is 28.9 Å². The van der Waals surface area contributed by atoms with Gasteiger partial charge in [-0.1, -0.05) is 18.0 Å². The topological polar surface area (TPSA) is 119 Å². The van der Waals surface area contributed by atoms with Gasteiger partial charge in [-0.25, -0.2) is 8.42 Å². The number of rotatable bonds is 2. The van der Waals surface area contributed by atoms with Gasteiger partial charge in [-0.15, -0.1) is 0 Å². The summed E-state index contributed by atoms with van der Waals surface area (Å²) in [7, 11) is -7.38. The zero-order chi connectivity index (χ0) is 23.6. The van der Waals surface area contributed by atoms with E-state index in [1.54, 1.807) is 0 Å². The highest BCUT2D eigenvalue weighted by atomic mass is 35.5. The average Bonchev–Trinajstić information content (AvgIpc) is 2.78. The molecule has 0 radical (unpaired) electrons. The molecule has 0 aromatic heterocycles. The first-order valence-electron chi connectivity index (χ1n) is 10.6. The first-order chi connectivity index (χ1) is 15.5. The fourth-order valence-corrected chi connectivity index (χ4v) is 9.31. The van der Waals surface area contributed by atoms with Crippen LogP contribution >= 0.6 is 19.2 Å². The number of halogens is 1. The Balaban J connectivity index is 1.78. The number of phenols is 2. The molecule has 2 aliphatic heterocycles. The summed E-state index contributed by atoms with van der Waals surface area (Å²) >= 11 is 6.01. The Morgan fingerprint density at radius 2 is 1.67 bits per heavy atom. The first-order valence-corrected chi connectivity index (χ1v) is 14.4. The second-order valence-corrected chi connectivity index (χ2v) is 13.8. The van der Waals surface area contributed by atoms with Crippen molar-refractivity contribution in [2.75, 3.05) is 26.5 Å². The minimum absolute atomic E-state index is 0.0398. The Morgan fingerprint density at radius 1 is 1.03 bits per heavy atom. The molecule has 2 N–H and O–H groups in total. The van der Waals surface area contributed by atoms with Gasteiger partial charge in [0.2, 0.25) is 0 Å². The van der Waals surface area contributed by atoms with Crippen molar-refractivity contribution in [3.63, 3.8) is 0 Å². The van der Waals surface area contributed by atoms with Crippen LogP contribution in [0.25, 0.3) is 0 Å². The van der Waals surface area contributed by atoms with Crippen LogP contribution in [0.2, 0.25) is 5.02 Å². The van der Waals surface area contributed by atoms with Gasteiger partial charge in [0.1, 0.15) is 10.5 Å². The van der Waals surface area contributed by atoms with E-state index < -0.39 is 33.5 Å². The molecule has 0 unspecified atom stereocenters. The molecule has 2 fully saturated rings. The SMILES string of the molecule is CP1(=O)OCC2(CCC[C@@]3(S(=O)(=O)c4ccc(Cl)cc4)c4c(O)ccc(O)c4OC[C@@H]23)CO1. The van der Waals surface area contributed by atoms with E-state index in [4.69, 9.17) is 25.4 Å². The van der Waals surface area contributed by atoms with Crippen molar-refractivity contribution >= 4 is 29.0 Å². The van der Waals surface area contributed by atoms with Crippen LogP contribution in [0.3, 0.4) is 0 Å². The highest BCUT2D eigenvalue weighted by Gasteiger charge is 2.66. The quantitative estimate of drug-likeness (QED) is 0.445. The maximum Gasteiger partial charge on any atom is 0.327 e. The van der Waals surface area contributed by atoms with Crippen molar-refractivity contribution in [1.82, 2.24) is 0 Å². The average molecular weight is 515 g/mol. The lowest BCUT2D eigenvalue weighted by Gasteiger charge is -2.57. The number of fused-ring (bicyclic) bond motifs is 4. The molecule has 2 heterocycles. The number of hydrogen-bond donors (Lipinski definition) is 2. The van der Waals surface area contributed by atoms with E-state index in [9.17, 15) is 23.2 Å². The smallest absolute Gasteiger partial charge is 0.327 e. The number of aromatic hydroxyl groups is 2. The molecule has 1 aliphatic carbocycles. The van der Waals surface area contributed by atoms with Crippen LogP contribution in [0.4, 0.5) is 0 Å². The van der Waals surface area contributed by atoms with Crippen molar-refractivity contribution in [2.24, 2.45) is 11.3 Å². The standard InChI is InChI=1S/C22H24ClO8PS/c1-32(26)30-12-21(13-31-32)9-2-10-22(33(27,28)15-5-3-14(23)4-6-15)18(21)11-29-20-17(25)8-7-16(24)19(20)22/h3-8,18,24-25H,2,9-13H2,1H3/t18-,21?,22-,32?/m0/s1. The summed E-state index contributed by atoms with van der Waals surface area (Å²) in [5.41, 5.74) is -0.768. The molecule has 1 spiro atoms. The first kappa shape index (κ1) is 23.0. The van der Waals surface area contributed by atoms with Gasteiger partial charge < -0.3 is 24.0 Å². The maximum atomic E-state index is 14.4. The summed E-state index contributed by atoms with van der Waals surface area (Å²) < 4.78 is 56.6. The summed E-state index contributed by atoms with van der Waals surface area (Å²) in [6.45, 7) is 1.43. The maximum absolute atomic E-state index is 14.4. The second kappa shape index (κ2) is 7.62. The molecule has 5 rings (SSSR count). The summed E-state index contributed by atoms with van der Waals surface area (Å²) in [6, 6.07) is 8.43. The Hall–Kier alpha value is -1.77. The van der Waals surface area contributed by atoms with E-state index in [0.717, 1.165) is 0 Å². The third-order valence-corrected chi connectivity index (χ3v) is 11.2. The minimum atomic E-state index is -4.15. The fraction of sp³-hybridized carbons (Fsp3) is 0.455. The molecule has 2 aromatic rings. The van der Waals surface area contributed by atoms with Crippen LogP contribution < -0.4 is 4.74 Å². The van der Waals surface area contributed by atoms with Crippen LogP contribution in [0, 0.1) is 11.3 Å². The van der Waals surface area contributed by atoms with Gasteiger partial charge in [-0.3, -0.25) is 4.57 Å². The van der Waals surface area contributed by atoms with E-state index in [2.05, 4.69) is 0 Å². The van der Waals surface area contributed by atoms with Crippen molar-refractivity contribution in [3.8, 4) is 17.2 Å². The minimum Gasteiger partial charge on any atom is -0.507 e. The van der Waals surface area contributed by atoms with Crippen LogP contribution in [0.5, 0.6) is 17.2 Å². The van der Waals surface area contributed by atoms with Gasteiger partial charge >= 0.3 is 7.60 Å². The van der Waals surface area contributed by atoms with Crippen LogP contribution in [-0.4, -0.2) is 45.1 Å². The summed E-state index contributed by atoms with van der Waals surface area (Å²) in [5.74, 6) is -1.26. The lowest BCUT2D eigenvalue weighted by Crippen LogP contribution is -2.61. The van der Waals surface area contributed by atoms with E-state index in [0.29, 0.717) is 17.9 Å². The van der Waals surface area contributed by atoms with Gasteiger partial charge in [-0.2, -0.15) is 0 Å². The van der Waals surface area contributed by atoms with Crippen LogP contribution in [0.15, 0.2) is 41.3 Å². The molecule has 1 saturated carbocycles. The third kappa shape index (κ3) is 3.32. The van der Waals surface area contributed by atoms with E-state index in [1.807, 2.05) is 0 Å². The molecule has 3 aliphatic rings. The van der Waals surface area contributed by atoms with Gasteiger partial charge in [0.15, 0.2) is 21.3 Å². The molecular formula is C22H24ClO8PS. The molecule has 8 nitrogen and oxygen atoms in total. The molecule has 2 aromatic carbocycles. The predicted molar refractivity (Wildman–Crippen MR) is 121 cm³/mol. The lowest BCUT2D eigenvalue weighted by atomic mass is 9.59. The number of hydrogen-bond acceptors (Lipinski definition) is 8.